The standard InChI is InChI=1S/C16H23N3O.2ClH/c20-16(10-13-6-7-17-12-13)18-14-4-3-5-15(11-14)19-8-1-2-9-19;;/h3-5,11,13,17H,1-2,6-10,12H2,(H,18,20);2*1H. The minimum atomic E-state index is 0. The molecule has 1 unspecified atom stereocenters. The molecule has 0 saturated carbocycles. The molecule has 0 radical (unpaired) electrons. The van der Waals surface area contributed by atoms with Crippen molar-refractivity contribution in [2.75, 3.05) is 36.4 Å². The Kier molecular flexibility index (Phi) is 8.01. The monoisotopic (exact) mass is 345 g/mol. The quantitative estimate of drug-likeness (QED) is 0.881. The van der Waals surface area contributed by atoms with Gasteiger partial charge in [-0.15, -0.1) is 24.8 Å². The molecular weight excluding hydrogens is 321 g/mol. The second-order valence-corrected chi connectivity index (χ2v) is 5.86. The Hall–Kier alpha value is -0.970. The van der Waals surface area contributed by atoms with Gasteiger partial charge >= 0.3 is 0 Å². The van der Waals surface area contributed by atoms with Gasteiger partial charge in [0.05, 0.1) is 0 Å². The van der Waals surface area contributed by atoms with Gasteiger partial charge in [0.25, 0.3) is 0 Å². The third-order valence-corrected chi connectivity index (χ3v) is 4.24. The van der Waals surface area contributed by atoms with E-state index >= 15 is 0 Å². The highest BCUT2D eigenvalue weighted by molar-refractivity contribution is 5.91. The van der Waals surface area contributed by atoms with E-state index in [9.17, 15) is 4.79 Å². The number of halogens is 2. The van der Waals surface area contributed by atoms with Gasteiger partial charge in [-0.05, 0) is 56.5 Å². The lowest BCUT2D eigenvalue weighted by atomic mass is 10.0. The molecule has 2 N–H and O–H groups in total. The maximum absolute atomic E-state index is 12.0. The lowest BCUT2D eigenvalue weighted by Crippen LogP contribution is -2.19. The van der Waals surface area contributed by atoms with Crippen LogP contribution in [0, 0.1) is 5.92 Å². The summed E-state index contributed by atoms with van der Waals surface area (Å²) in [6.45, 7) is 4.28. The van der Waals surface area contributed by atoms with Crippen LogP contribution in [0.4, 0.5) is 11.4 Å². The second-order valence-electron chi connectivity index (χ2n) is 5.86. The molecule has 1 atom stereocenters. The summed E-state index contributed by atoms with van der Waals surface area (Å²) in [7, 11) is 0. The lowest BCUT2D eigenvalue weighted by molar-refractivity contribution is -0.116. The van der Waals surface area contributed by atoms with Crippen molar-refractivity contribution in [1.29, 1.82) is 0 Å². The van der Waals surface area contributed by atoms with Gasteiger partial charge in [0.2, 0.25) is 5.91 Å². The third kappa shape index (κ3) is 5.04. The van der Waals surface area contributed by atoms with E-state index in [2.05, 4.69) is 27.7 Å². The molecule has 1 amide bonds. The molecule has 22 heavy (non-hydrogen) atoms. The zero-order valence-electron chi connectivity index (χ0n) is 12.7. The molecule has 4 nitrogen and oxygen atoms in total. The molecule has 0 aromatic heterocycles. The van der Waals surface area contributed by atoms with Crippen LogP contribution in [0.2, 0.25) is 0 Å². The number of nitrogens with zero attached hydrogens (tertiary/aromatic N) is 1. The number of anilines is 2. The van der Waals surface area contributed by atoms with E-state index in [4.69, 9.17) is 0 Å². The Balaban J connectivity index is 0.00000121. The van der Waals surface area contributed by atoms with E-state index in [1.807, 2.05) is 12.1 Å². The van der Waals surface area contributed by atoms with Gasteiger partial charge in [-0.2, -0.15) is 0 Å². The summed E-state index contributed by atoms with van der Waals surface area (Å²) in [4.78, 5) is 14.4. The van der Waals surface area contributed by atoms with Gasteiger partial charge in [-0.25, -0.2) is 0 Å². The zero-order valence-corrected chi connectivity index (χ0v) is 14.3. The summed E-state index contributed by atoms with van der Waals surface area (Å²) >= 11 is 0. The normalized spacial score (nSPS) is 20.2. The van der Waals surface area contributed by atoms with Crippen molar-refractivity contribution in [3.63, 3.8) is 0 Å². The summed E-state index contributed by atoms with van der Waals surface area (Å²) in [6.07, 6.45) is 4.28. The largest absolute Gasteiger partial charge is 0.371 e. The molecule has 124 valence electrons. The third-order valence-electron chi connectivity index (χ3n) is 4.24. The molecule has 2 aliphatic rings. The first kappa shape index (κ1) is 19.1. The highest BCUT2D eigenvalue weighted by Gasteiger charge is 2.18. The Morgan fingerprint density at radius 3 is 2.73 bits per heavy atom. The van der Waals surface area contributed by atoms with E-state index in [1.165, 1.54) is 18.5 Å². The van der Waals surface area contributed by atoms with Crippen molar-refractivity contribution in [2.45, 2.75) is 25.7 Å². The van der Waals surface area contributed by atoms with Crippen LogP contribution in [-0.4, -0.2) is 32.1 Å². The first-order chi connectivity index (χ1) is 9.81. The van der Waals surface area contributed by atoms with Crippen molar-refractivity contribution in [3.05, 3.63) is 24.3 Å². The summed E-state index contributed by atoms with van der Waals surface area (Å²) < 4.78 is 0. The van der Waals surface area contributed by atoms with Crippen LogP contribution >= 0.6 is 24.8 Å². The van der Waals surface area contributed by atoms with Crippen LogP contribution in [0.15, 0.2) is 24.3 Å². The fourth-order valence-electron chi connectivity index (χ4n) is 3.12. The smallest absolute Gasteiger partial charge is 0.224 e. The van der Waals surface area contributed by atoms with Gasteiger partial charge in [-0.1, -0.05) is 6.07 Å². The van der Waals surface area contributed by atoms with E-state index < -0.39 is 0 Å². The SMILES string of the molecule is Cl.Cl.O=C(CC1CCNC1)Nc1cccc(N2CCCC2)c1. The molecule has 2 aliphatic heterocycles. The number of carbonyl (C=O) groups excluding carboxylic acids is 1. The fraction of sp³-hybridized carbons (Fsp3) is 0.562. The van der Waals surface area contributed by atoms with Gasteiger partial charge in [0.1, 0.15) is 0 Å². The number of rotatable bonds is 4. The predicted octanol–water partition coefficient (Wildman–Crippen LogP) is 3.07. The van der Waals surface area contributed by atoms with Crippen molar-refractivity contribution < 1.29 is 4.79 Å². The highest BCUT2D eigenvalue weighted by Crippen LogP contribution is 2.23. The van der Waals surface area contributed by atoms with Crippen molar-refractivity contribution >= 4 is 42.1 Å². The lowest BCUT2D eigenvalue weighted by Gasteiger charge is -2.18. The molecule has 0 aliphatic carbocycles. The van der Waals surface area contributed by atoms with Crippen molar-refractivity contribution in [3.8, 4) is 0 Å². The van der Waals surface area contributed by atoms with Crippen LogP contribution in [0.1, 0.15) is 25.7 Å². The minimum absolute atomic E-state index is 0. The van der Waals surface area contributed by atoms with Crippen LogP contribution in [0.25, 0.3) is 0 Å². The average Bonchev–Trinajstić information content (AvgIpc) is 3.11. The Morgan fingerprint density at radius 2 is 2.05 bits per heavy atom. The summed E-state index contributed by atoms with van der Waals surface area (Å²) in [5, 5.41) is 6.34. The van der Waals surface area contributed by atoms with Crippen LogP contribution in [0.3, 0.4) is 0 Å². The van der Waals surface area contributed by atoms with Crippen LogP contribution in [-0.2, 0) is 4.79 Å². The van der Waals surface area contributed by atoms with Gasteiger partial charge in [0.15, 0.2) is 0 Å². The molecule has 1 aromatic carbocycles. The molecule has 0 spiro atoms. The number of nitrogens with one attached hydrogen (secondary N) is 2. The number of amides is 1. The molecule has 0 bridgehead atoms. The summed E-state index contributed by atoms with van der Waals surface area (Å²) in [6, 6.07) is 8.22. The number of hydrogen-bond donors (Lipinski definition) is 2. The van der Waals surface area contributed by atoms with Gasteiger partial charge in [-0.3, -0.25) is 4.79 Å². The van der Waals surface area contributed by atoms with Crippen LogP contribution in [0.5, 0.6) is 0 Å². The fourth-order valence-corrected chi connectivity index (χ4v) is 3.12. The number of benzene rings is 1. The average molecular weight is 346 g/mol. The van der Waals surface area contributed by atoms with E-state index in [-0.39, 0.29) is 30.7 Å². The van der Waals surface area contributed by atoms with Gasteiger partial charge < -0.3 is 15.5 Å². The van der Waals surface area contributed by atoms with E-state index in [1.54, 1.807) is 0 Å². The molecule has 2 heterocycles. The first-order valence-corrected chi connectivity index (χ1v) is 7.67. The van der Waals surface area contributed by atoms with Crippen molar-refractivity contribution in [2.24, 2.45) is 5.92 Å². The Bertz CT molecular complexity index is 472. The Labute approximate surface area is 144 Å². The highest BCUT2D eigenvalue weighted by atomic mass is 35.5. The van der Waals surface area contributed by atoms with Crippen LogP contribution < -0.4 is 15.5 Å². The number of carbonyl (C=O) groups is 1. The van der Waals surface area contributed by atoms with E-state index in [0.29, 0.717) is 12.3 Å². The topological polar surface area (TPSA) is 44.4 Å². The number of hydrogen-bond acceptors (Lipinski definition) is 3. The maximum atomic E-state index is 12.0. The van der Waals surface area contributed by atoms with Gasteiger partial charge in [0, 0.05) is 30.9 Å². The minimum Gasteiger partial charge on any atom is -0.371 e. The van der Waals surface area contributed by atoms with E-state index in [0.717, 1.165) is 38.3 Å². The predicted molar refractivity (Wildman–Crippen MR) is 96.6 cm³/mol. The summed E-state index contributed by atoms with van der Waals surface area (Å²) in [5.41, 5.74) is 2.15. The zero-order chi connectivity index (χ0) is 13.8. The molecular formula is C16H25Cl2N3O. The summed E-state index contributed by atoms with van der Waals surface area (Å²) in [5.74, 6) is 0.633. The molecule has 3 rings (SSSR count). The molecule has 2 saturated heterocycles. The first-order valence-electron chi connectivity index (χ1n) is 7.67. The maximum Gasteiger partial charge on any atom is 0.224 e. The Morgan fingerprint density at radius 1 is 1.27 bits per heavy atom. The molecule has 6 heteroatoms. The second kappa shape index (κ2) is 9.23. The van der Waals surface area contributed by atoms with Crippen molar-refractivity contribution in [1.82, 2.24) is 5.32 Å². The molecule has 1 aromatic rings. The molecule has 2 fully saturated rings.